The van der Waals surface area contributed by atoms with Gasteiger partial charge in [-0.1, -0.05) is 13.8 Å². The Hall–Kier alpha value is -1.71. The average Bonchev–Trinajstić information content (AvgIpc) is 2.36. The third-order valence-electron chi connectivity index (χ3n) is 3.69. The van der Waals surface area contributed by atoms with Gasteiger partial charge in [-0.25, -0.2) is 4.39 Å². The van der Waals surface area contributed by atoms with Gasteiger partial charge in [-0.05, 0) is 43.5 Å². The van der Waals surface area contributed by atoms with E-state index in [1.807, 2.05) is 0 Å². The van der Waals surface area contributed by atoms with Crippen LogP contribution in [0.4, 0.5) is 10.1 Å². The van der Waals surface area contributed by atoms with Crippen molar-refractivity contribution in [2.45, 2.75) is 33.6 Å². The quantitative estimate of drug-likeness (QED) is 0.796. The Morgan fingerprint density at radius 3 is 2.65 bits per heavy atom. The molecule has 0 N–H and O–H groups in total. The lowest BCUT2D eigenvalue weighted by molar-refractivity contribution is -0.135. The highest BCUT2D eigenvalue weighted by Crippen LogP contribution is 2.27. The van der Waals surface area contributed by atoms with Crippen molar-refractivity contribution in [1.82, 2.24) is 0 Å². The fourth-order valence-electron chi connectivity index (χ4n) is 2.67. The summed E-state index contributed by atoms with van der Waals surface area (Å²) < 4.78 is 13.5. The monoisotopic (exact) mass is 277 g/mol. The first kappa shape index (κ1) is 14.7. The minimum atomic E-state index is -0.577. The predicted octanol–water partition coefficient (Wildman–Crippen LogP) is 3.10. The van der Waals surface area contributed by atoms with E-state index in [2.05, 4.69) is 0 Å². The standard InChI is InChI=1S/C16H20FNO2/c1-10(2)15(19)14-5-4-6-18(16(14)20)13-8-11(3)7-12(17)9-13/h7-10,14H,4-6H2,1-3H3/t14-/m0/s1. The van der Waals surface area contributed by atoms with Crippen LogP contribution >= 0.6 is 0 Å². The molecule has 1 amide bonds. The molecule has 108 valence electrons. The van der Waals surface area contributed by atoms with Crippen LogP contribution in [-0.2, 0) is 9.59 Å². The van der Waals surface area contributed by atoms with Crippen LogP contribution in [0.3, 0.4) is 0 Å². The molecule has 2 rings (SSSR count). The third kappa shape index (κ3) is 2.89. The molecule has 4 heteroatoms. The number of amides is 1. The van der Waals surface area contributed by atoms with E-state index in [0.29, 0.717) is 18.7 Å². The number of piperidine rings is 1. The molecule has 1 aromatic rings. The molecule has 1 saturated heterocycles. The summed E-state index contributed by atoms with van der Waals surface area (Å²) in [5.41, 5.74) is 1.32. The lowest BCUT2D eigenvalue weighted by Gasteiger charge is -2.32. The number of carbonyl (C=O) groups excluding carboxylic acids is 2. The molecule has 0 spiro atoms. The average molecular weight is 277 g/mol. The molecule has 3 nitrogen and oxygen atoms in total. The summed E-state index contributed by atoms with van der Waals surface area (Å²) in [7, 11) is 0. The molecule has 0 bridgehead atoms. The van der Waals surface area contributed by atoms with Crippen molar-refractivity contribution in [3.8, 4) is 0 Å². The highest BCUT2D eigenvalue weighted by atomic mass is 19.1. The first-order chi connectivity index (χ1) is 9.40. The third-order valence-corrected chi connectivity index (χ3v) is 3.69. The Morgan fingerprint density at radius 2 is 2.05 bits per heavy atom. The molecule has 0 aliphatic carbocycles. The Kier molecular flexibility index (Phi) is 4.21. The number of anilines is 1. The summed E-state index contributed by atoms with van der Waals surface area (Å²) in [4.78, 5) is 26.1. The predicted molar refractivity (Wildman–Crippen MR) is 76.1 cm³/mol. The van der Waals surface area contributed by atoms with Gasteiger partial charge in [0.05, 0.1) is 5.92 Å². The van der Waals surface area contributed by atoms with Crippen molar-refractivity contribution in [2.75, 3.05) is 11.4 Å². The van der Waals surface area contributed by atoms with Gasteiger partial charge in [-0.15, -0.1) is 0 Å². The highest BCUT2D eigenvalue weighted by Gasteiger charge is 2.35. The first-order valence-corrected chi connectivity index (χ1v) is 7.02. The van der Waals surface area contributed by atoms with Gasteiger partial charge in [0.2, 0.25) is 5.91 Å². The van der Waals surface area contributed by atoms with Crippen molar-refractivity contribution < 1.29 is 14.0 Å². The van der Waals surface area contributed by atoms with Crippen LogP contribution in [0.5, 0.6) is 0 Å². The van der Waals surface area contributed by atoms with Gasteiger partial charge in [0.1, 0.15) is 11.6 Å². The molecule has 1 fully saturated rings. The molecular formula is C16H20FNO2. The normalized spacial score (nSPS) is 19.6. The van der Waals surface area contributed by atoms with Gasteiger partial charge in [0.25, 0.3) is 0 Å². The number of nitrogens with zero attached hydrogens (tertiary/aromatic N) is 1. The topological polar surface area (TPSA) is 37.4 Å². The zero-order chi connectivity index (χ0) is 14.9. The Labute approximate surface area is 118 Å². The van der Waals surface area contributed by atoms with Crippen LogP contribution in [-0.4, -0.2) is 18.2 Å². The maximum absolute atomic E-state index is 13.5. The molecule has 1 aliphatic rings. The van der Waals surface area contributed by atoms with Gasteiger partial charge < -0.3 is 4.90 Å². The summed E-state index contributed by atoms with van der Waals surface area (Å²) in [6, 6.07) is 4.56. The molecule has 1 aromatic carbocycles. The number of ketones is 1. The van der Waals surface area contributed by atoms with Crippen molar-refractivity contribution in [2.24, 2.45) is 11.8 Å². The number of benzene rings is 1. The van der Waals surface area contributed by atoms with Gasteiger partial charge in [0, 0.05) is 18.2 Å². The van der Waals surface area contributed by atoms with E-state index < -0.39 is 5.92 Å². The summed E-state index contributed by atoms with van der Waals surface area (Å²) in [5, 5.41) is 0. The lowest BCUT2D eigenvalue weighted by atomic mass is 9.87. The van der Waals surface area contributed by atoms with E-state index >= 15 is 0 Å². The fraction of sp³-hybridized carbons (Fsp3) is 0.500. The van der Waals surface area contributed by atoms with E-state index in [1.54, 1.807) is 31.7 Å². The summed E-state index contributed by atoms with van der Waals surface area (Å²) >= 11 is 0. The zero-order valence-electron chi connectivity index (χ0n) is 12.1. The van der Waals surface area contributed by atoms with Crippen molar-refractivity contribution >= 4 is 17.4 Å². The van der Waals surface area contributed by atoms with E-state index in [-0.39, 0.29) is 23.4 Å². The highest BCUT2D eigenvalue weighted by molar-refractivity contribution is 6.09. The molecule has 1 atom stereocenters. The second-order valence-corrected chi connectivity index (χ2v) is 5.73. The minimum absolute atomic E-state index is 0.0205. The molecule has 1 heterocycles. The smallest absolute Gasteiger partial charge is 0.237 e. The largest absolute Gasteiger partial charge is 0.312 e. The van der Waals surface area contributed by atoms with Crippen LogP contribution in [0.15, 0.2) is 18.2 Å². The van der Waals surface area contributed by atoms with Crippen molar-refractivity contribution in [3.63, 3.8) is 0 Å². The van der Waals surface area contributed by atoms with Gasteiger partial charge >= 0.3 is 0 Å². The number of hydrogen-bond acceptors (Lipinski definition) is 2. The minimum Gasteiger partial charge on any atom is -0.312 e. The maximum atomic E-state index is 13.5. The molecule has 0 unspecified atom stereocenters. The van der Waals surface area contributed by atoms with E-state index in [0.717, 1.165) is 12.0 Å². The second kappa shape index (κ2) is 5.73. The van der Waals surface area contributed by atoms with Gasteiger partial charge in [-0.2, -0.15) is 0 Å². The number of aryl methyl sites for hydroxylation is 1. The number of carbonyl (C=O) groups is 2. The fourth-order valence-corrected chi connectivity index (χ4v) is 2.67. The van der Waals surface area contributed by atoms with Crippen LogP contribution in [0.25, 0.3) is 0 Å². The summed E-state index contributed by atoms with van der Waals surface area (Å²) in [6.07, 6.45) is 1.37. The Bertz CT molecular complexity index is 519. The van der Waals surface area contributed by atoms with Crippen LogP contribution in [0.2, 0.25) is 0 Å². The van der Waals surface area contributed by atoms with Crippen LogP contribution in [0.1, 0.15) is 32.3 Å². The van der Waals surface area contributed by atoms with Crippen LogP contribution in [0, 0.1) is 24.6 Å². The summed E-state index contributed by atoms with van der Waals surface area (Å²) in [5.74, 6) is -1.30. The summed E-state index contributed by atoms with van der Waals surface area (Å²) in [6.45, 7) is 5.95. The Balaban J connectivity index is 2.28. The molecular weight excluding hydrogens is 257 g/mol. The first-order valence-electron chi connectivity index (χ1n) is 7.02. The molecule has 0 saturated carbocycles. The molecule has 0 radical (unpaired) electrons. The number of hydrogen-bond donors (Lipinski definition) is 0. The van der Waals surface area contributed by atoms with Crippen molar-refractivity contribution in [3.05, 3.63) is 29.6 Å². The van der Waals surface area contributed by atoms with Gasteiger partial charge in [0.15, 0.2) is 0 Å². The van der Waals surface area contributed by atoms with Crippen molar-refractivity contribution in [1.29, 1.82) is 0 Å². The van der Waals surface area contributed by atoms with Crippen LogP contribution < -0.4 is 4.90 Å². The maximum Gasteiger partial charge on any atom is 0.237 e. The number of Topliss-reactive ketones (excluding diaryl/α,β-unsaturated/α-hetero) is 1. The molecule has 20 heavy (non-hydrogen) atoms. The zero-order valence-corrected chi connectivity index (χ0v) is 12.1. The lowest BCUT2D eigenvalue weighted by Crippen LogP contribution is -2.45. The van der Waals surface area contributed by atoms with E-state index in [1.165, 1.54) is 12.1 Å². The van der Waals surface area contributed by atoms with Gasteiger partial charge in [-0.3, -0.25) is 9.59 Å². The van der Waals surface area contributed by atoms with E-state index in [4.69, 9.17) is 0 Å². The Morgan fingerprint density at radius 1 is 1.35 bits per heavy atom. The number of halogens is 1. The molecule has 0 aromatic heterocycles. The molecule has 1 aliphatic heterocycles. The SMILES string of the molecule is Cc1cc(F)cc(N2CCC[C@@H](C(=O)C(C)C)C2=O)c1. The van der Waals surface area contributed by atoms with E-state index in [9.17, 15) is 14.0 Å². The second-order valence-electron chi connectivity index (χ2n) is 5.73. The number of rotatable bonds is 3.